The first-order chi connectivity index (χ1) is 14.0. The third-order valence-electron chi connectivity index (χ3n) is 4.77. The highest BCUT2D eigenvalue weighted by atomic mass is 32.2. The van der Waals surface area contributed by atoms with Gasteiger partial charge in [-0.1, -0.05) is 6.07 Å². The number of amides is 1. The summed E-state index contributed by atoms with van der Waals surface area (Å²) in [6.07, 6.45) is 3.47. The Balaban J connectivity index is 1.39. The summed E-state index contributed by atoms with van der Waals surface area (Å²) in [6, 6.07) is 8.89. The van der Waals surface area contributed by atoms with E-state index >= 15 is 0 Å². The second-order valence-electron chi connectivity index (χ2n) is 6.70. The van der Waals surface area contributed by atoms with Crippen molar-refractivity contribution >= 4 is 45.1 Å². The number of nitrogens with zero attached hydrogens (tertiary/aromatic N) is 3. The number of aryl methyl sites for hydroxylation is 1. The zero-order valence-corrected chi connectivity index (χ0v) is 17.4. The van der Waals surface area contributed by atoms with Gasteiger partial charge in [-0.15, -0.1) is 11.3 Å². The van der Waals surface area contributed by atoms with Gasteiger partial charge in [0.15, 0.2) is 0 Å². The van der Waals surface area contributed by atoms with Crippen LogP contribution in [0.2, 0.25) is 0 Å². The van der Waals surface area contributed by atoms with Gasteiger partial charge in [0.25, 0.3) is 0 Å². The lowest BCUT2D eigenvalue weighted by atomic mass is 10.1. The zero-order valence-electron chi connectivity index (χ0n) is 15.8. The smallest absolute Gasteiger partial charge is 0.244 e. The van der Waals surface area contributed by atoms with E-state index in [0.29, 0.717) is 17.8 Å². The fraction of sp³-hybridized carbons (Fsp3) is 0.200. The van der Waals surface area contributed by atoms with E-state index in [-0.39, 0.29) is 12.5 Å². The van der Waals surface area contributed by atoms with Crippen LogP contribution in [0.3, 0.4) is 0 Å². The zero-order chi connectivity index (χ0) is 20.4. The Morgan fingerprint density at radius 2 is 2.24 bits per heavy atom. The molecular weight excluding hydrogens is 404 g/mol. The maximum absolute atomic E-state index is 12.8. The molecule has 1 aliphatic heterocycles. The molecule has 2 aromatic heterocycles. The van der Waals surface area contributed by atoms with Gasteiger partial charge in [-0.3, -0.25) is 9.78 Å². The van der Waals surface area contributed by atoms with Crippen LogP contribution in [0.15, 0.2) is 58.7 Å². The average Bonchev–Trinajstić information content (AvgIpc) is 3.33. The number of nitrogens with one attached hydrogen (secondary N) is 2. The summed E-state index contributed by atoms with van der Waals surface area (Å²) >= 11 is 3.07. The number of benzene rings is 1. The number of aromatic nitrogens is 2. The Bertz CT molecular complexity index is 1110. The standard InChI is InChI=1S/C20H20N6OS2/c1-12-15(3-2-6-23-12)19(22)20(27)26-9-13(16(21)10-26)8-25-29-14-4-5-17-18(7-14)28-11-24-17/h2-8,11,19,21,25H,9-10,22H2,1H3/b13-8-,21-16?. The van der Waals surface area contributed by atoms with Gasteiger partial charge in [0, 0.05) is 35.1 Å². The third-order valence-corrected chi connectivity index (χ3v) is 6.29. The van der Waals surface area contributed by atoms with Crippen LogP contribution in [0.25, 0.3) is 10.2 Å². The fourth-order valence-corrected chi connectivity index (χ4v) is 4.60. The van der Waals surface area contributed by atoms with Crippen LogP contribution in [-0.2, 0) is 4.79 Å². The van der Waals surface area contributed by atoms with Crippen molar-refractivity contribution < 1.29 is 4.79 Å². The first-order valence-electron chi connectivity index (χ1n) is 9.01. The number of likely N-dealkylation sites (tertiary alicyclic amines) is 1. The predicted molar refractivity (Wildman–Crippen MR) is 117 cm³/mol. The molecule has 0 aliphatic carbocycles. The Morgan fingerprint density at radius 1 is 1.38 bits per heavy atom. The number of pyridine rings is 1. The van der Waals surface area contributed by atoms with Crippen LogP contribution in [0, 0.1) is 12.3 Å². The van der Waals surface area contributed by atoms with Crippen molar-refractivity contribution in [3.8, 4) is 0 Å². The molecule has 4 N–H and O–H groups in total. The lowest BCUT2D eigenvalue weighted by Gasteiger charge is -2.20. The molecule has 4 rings (SSSR count). The molecule has 3 heterocycles. The van der Waals surface area contributed by atoms with Crippen LogP contribution in [-0.4, -0.2) is 39.6 Å². The summed E-state index contributed by atoms with van der Waals surface area (Å²) in [7, 11) is 0. The molecule has 148 valence electrons. The van der Waals surface area contributed by atoms with Crippen LogP contribution < -0.4 is 10.5 Å². The van der Waals surface area contributed by atoms with E-state index < -0.39 is 6.04 Å². The summed E-state index contributed by atoms with van der Waals surface area (Å²) in [5.74, 6) is -0.197. The number of thiazole rings is 1. The molecule has 1 aromatic carbocycles. The van der Waals surface area contributed by atoms with Gasteiger partial charge in [-0.2, -0.15) is 0 Å². The largest absolute Gasteiger partial charge is 0.332 e. The van der Waals surface area contributed by atoms with Crippen molar-refractivity contribution in [1.29, 1.82) is 5.41 Å². The minimum absolute atomic E-state index is 0.197. The molecule has 1 amide bonds. The number of hydrogen-bond donors (Lipinski definition) is 3. The van der Waals surface area contributed by atoms with E-state index in [9.17, 15) is 4.79 Å². The Hall–Kier alpha value is -2.75. The van der Waals surface area contributed by atoms with E-state index in [0.717, 1.165) is 26.4 Å². The van der Waals surface area contributed by atoms with Gasteiger partial charge in [0.05, 0.1) is 28.0 Å². The molecule has 0 spiro atoms. The summed E-state index contributed by atoms with van der Waals surface area (Å²) in [5, 5.41) is 8.22. The molecule has 0 radical (unpaired) electrons. The molecule has 1 atom stereocenters. The van der Waals surface area contributed by atoms with Crippen molar-refractivity contribution in [2.75, 3.05) is 13.1 Å². The molecule has 0 bridgehead atoms. The quantitative estimate of drug-likeness (QED) is 0.543. The Labute approximate surface area is 176 Å². The second kappa shape index (κ2) is 8.32. The number of nitrogens with two attached hydrogens (primary N) is 1. The number of carbonyl (C=O) groups is 1. The van der Waals surface area contributed by atoms with Crippen molar-refractivity contribution in [3.05, 3.63) is 65.1 Å². The van der Waals surface area contributed by atoms with Gasteiger partial charge in [-0.05, 0) is 48.7 Å². The van der Waals surface area contributed by atoms with E-state index in [1.807, 2.05) is 30.6 Å². The molecule has 1 fully saturated rings. The molecule has 1 aliphatic rings. The summed E-state index contributed by atoms with van der Waals surface area (Å²) in [4.78, 5) is 24.0. The van der Waals surface area contributed by atoms with Gasteiger partial charge < -0.3 is 20.8 Å². The molecule has 1 unspecified atom stereocenters. The van der Waals surface area contributed by atoms with E-state index in [4.69, 9.17) is 11.1 Å². The van der Waals surface area contributed by atoms with E-state index in [2.05, 4.69) is 20.8 Å². The average molecular weight is 425 g/mol. The Kier molecular flexibility index (Phi) is 5.61. The minimum Gasteiger partial charge on any atom is -0.332 e. The second-order valence-corrected chi connectivity index (χ2v) is 8.50. The normalized spacial score (nSPS) is 16.6. The highest BCUT2D eigenvalue weighted by Gasteiger charge is 2.30. The van der Waals surface area contributed by atoms with E-state index in [1.54, 1.807) is 34.7 Å². The van der Waals surface area contributed by atoms with Crippen LogP contribution in [0.1, 0.15) is 17.3 Å². The molecule has 29 heavy (non-hydrogen) atoms. The summed E-state index contributed by atoms with van der Waals surface area (Å²) in [5.41, 5.74) is 11.7. The monoisotopic (exact) mass is 424 g/mol. The minimum atomic E-state index is -0.774. The number of rotatable bonds is 5. The third kappa shape index (κ3) is 4.16. The number of carbonyl (C=O) groups excluding carboxylic acids is 1. The van der Waals surface area contributed by atoms with Gasteiger partial charge in [0.1, 0.15) is 6.04 Å². The molecule has 7 nitrogen and oxygen atoms in total. The lowest BCUT2D eigenvalue weighted by molar-refractivity contribution is -0.131. The fourth-order valence-electron chi connectivity index (χ4n) is 3.16. The molecule has 1 saturated heterocycles. The topological polar surface area (TPSA) is 108 Å². The lowest BCUT2D eigenvalue weighted by Crippen LogP contribution is -2.37. The molecule has 0 saturated carbocycles. The van der Waals surface area contributed by atoms with Gasteiger partial charge in [-0.25, -0.2) is 4.98 Å². The van der Waals surface area contributed by atoms with Crippen molar-refractivity contribution in [2.45, 2.75) is 17.9 Å². The molecular formula is C20H20N6OS2. The van der Waals surface area contributed by atoms with Crippen molar-refractivity contribution in [1.82, 2.24) is 19.6 Å². The van der Waals surface area contributed by atoms with Crippen molar-refractivity contribution in [2.24, 2.45) is 5.73 Å². The first-order valence-corrected chi connectivity index (χ1v) is 10.7. The summed E-state index contributed by atoms with van der Waals surface area (Å²) in [6.45, 7) is 2.47. The SMILES string of the molecule is Cc1ncccc1C(N)C(=O)N1CC(=N)/C(=C\NSc2ccc3ncsc3c2)C1. The van der Waals surface area contributed by atoms with Crippen LogP contribution in [0.4, 0.5) is 0 Å². The molecule has 3 aromatic rings. The first kappa shape index (κ1) is 19.6. The van der Waals surface area contributed by atoms with Crippen LogP contribution in [0.5, 0.6) is 0 Å². The maximum Gasteiger partial charge on any atom is 0.244 e. The summed E-state index contributed by atoms with van der Waals surface area (Å²) < 4.78 is 4.31. The number of fused-ring (bicyclic) bond motifs is 1. The van der Waals surface area contributed by atoms with Crippen LogP contribution >= 0.6 is 23.3 Å². The van der Waals surface area contributed by atoms with E-state index in [1.165, 1.54) is 11.9 Å². The predicted octanol–water partition coefficient (Wildman–Crippen LogP) is 3.04. The number of hydrogen-bond acceptors (Lipinski definition) is 8. The van der Waals surface area contributed by atoms with Gasteiger partial charge in [0.2, 0.25) is 5.91 Å². The highest BCUT2D eigenvalue weighted by Crippen LogP contribution is 2.25. The Morgan fingerprint density at radius 3 is 3.07 bits per heavy atom. The van der Waals surface area contributed by atoms with Crippen molar-refractivity contribution in [3.63, 3.8) is 0 Å². The highest BCUT2D eigenvalue weighted by molar-refractivity contribution is 7.97. The molecule has 9 heteroatoms. The maximum atomic E-state index is 12.8. The van der Waals surface area contributed by atoms with Gasteiger partial charge >= 0.3 is 0 Å².